The van der Waals surface area contributed by atoms with Crippen LogP contribution >= 0.6 is 34.9 Å². The Labute approximate surface area is 196 Å². The number of thioether (sulfide) groups is 2. The summed E-state index contributed by atoms with van der Waals surface area (Å²) in [5.74, 6) is 0.930. The molecule has 8 heteroatoms. The fourth-order valence-electron chi connectivity index (χ4n) is 2.55. The highest BCUT2D eigenvalue weighted by atomic mass is 32.2. The average molecular weight is 471 g/mol. The maximum Gasteiger partial charge on any atom is 0.250 e. The number of carbonyl (C=O) groups excluding carboxylic acids is 1. The summed E-state index contributed by atoms with van der Waals surface area (Å²) < 4.78 is 1.68. The third kappa shape index (κ3) is 7.79. The smallest absolute Gasteiger partial charge is 0.250 e. The van der Waals surface area contributed by atoms with E-state index in [2.05, 4.69) is 84.8 Å². The van der Waals surface area contributed by atoms with Gasteiger partial charge in [0.15, 0.2) is 8.68 Å². The minimum Gasteiger partial charge on any atom is -0.272 e. The molecule has 1 amide bonds. The van der Waals surface area contributed by atoms with Crippen LogP contribution in [0.25, 0.3) is 0 Å². The first-order chi connectivity index (χ1) is 14.8. The molecule has 0 saturated carbocycles. The predicted molar refractivity (Wildman–Crippen MR) is 132 cm³/mol. The van der Waals surface area contributed by atoms with E-state index in [-0.39, 0.29) is 17.1 Å². The van der Waals surface area contributed by atoms with Crippen LogP contribution in [0.3, 0.4) is 0 Å². The molecule has 0 aliphatic heterocycles. The Balaban J connectivity index is 1.40. The molecule has 0 saturated heterocycles. The number of rotatable bonds is 8. The number of hydrogen-bond donors (Lipinski definition) is 1. The highest BCUT2D eigenvalue weighted by Gasteiger charge is 2.12. The van der Waals surface area contributed by atoms with Gasteiger partial charge < -0.3 is 0 Å². The lowest BCUT2D eigenvalue weighted by atomic mass is 9.87. The summed E-state index contributed by atoms with van der Waals surface area (Å²) in [6.45, 7) is 8.61. The number of hydrogen-bond acceptors (Lipinski definition) is 7. The summed E-state index contributed by atoms with van der Waals surface area (Å²) in [4.78, 5) is 12.0. The normalized spacial score (nSPS) is 11.7. The Morgan fingerprint density at radius 3 is 2.32 bits per heavy atom. The van der Waals surface area contributed by atoms with Gasteiger partial charge in [-0.05, 0) is 29.0 Å². The number of nitrogens with zero attached hydrogens (tertiary/aromatic N) is 3. The van der Waals surface area contributed by atoms with Gasteiger partial charge in [0.2, 0.25) is 0 Å². The Morgan fingerprint density at radius 2 is 1.68 bits per heavy atom. The van der Waals surface area contributed by atoms with Crippen LogP contribution in [0.2, 0.25) is 0 Å². The van der Waals surface area contributed by atoms with Crippen molar-refractivity contribution in [3.63, 3.8) is 0 Å². The molecule has 0 aliphatic rings. The van der Waals surface area contributed by atoms with Crippen LogP contribution in [-0.4, -0.2) is 28.1 Å². The summed E-state index contributed by atoms with van der Waals surface area (Å²) >= 11 is 4.53. The fraction of sp³-hybridized carbons (Fsp3) is 0.304. The number of nitrogens with one attached hydrogen (secondary N) is 1. The molecular weight excluding hydrogens is 444 g/mol. The van der Waals surface area contributed by atoms with Crippen molar-refractivity contribution in [1.82, 2.24) is 15.6 Å². The first-order valence-electron chi connectivity index (χ1n) is 9.87. The Morgan fingerprint density at radius 1 is 1.03 bits per heavy atom. The predicted octanol–water partition coefficient (Wildman–Crippen LogP) is 5.68. The molecule has 0 aliphatic carbocycles. The number of aromatic nitrogens is 2. The summed E-state index contributed by atoms with van der Waals surface area (Å²) in [5.41, 5.74) is 7.40. The van der Waals surface area contributed by atoms with Gasteiger partial charge in [0.25, 0.3) is 5.91 Å². The topological polar surface area (TPSA) is 67.2 Å². The van der Waals surface area contributed by atoms with Gasteiger partial charge in [-0.25, -0.2) is 5.43 Å². The van der Waals surface area contributed by atoms with E-state index in [1.165, 1.54) is 39.8 Å². The molecule has 3 rings (SSSR count). The second kappa shape index (κ2) is 10.9. The van der Waals surface area contributed by atoms with Crippen LogP contribution < -0.4 is 5.43 Å². The maximum absolute atomic E-state index is 12.0. The summed E-state index contributed by atoms with van der Waals surface area (Å²) in [6.07, 6.45) is 1.65. The van der Waals surface area contributed by atoms with Gasteiger partial charge in [0.05, 0.1) is 12.0 Å². The zero-order valence-electron chi connectivity index (χ0n) is 18.1. The molecule has 31 heavy (non-hydrogen) atoms. The van der Waals surface area contributed by atoms with Crippen LogP contribution in [0.5, 0.6) is 0 Å². The van der Waals surface area contributed by atoms with Crippen molar-refractivity contribution in [3.05, 3.63) is 70.8 Å². The molecule has 0 spiro atoms. The van der Waals surface area contributed by atoms with Gasteiger partial charge in [0.1, 0.15) is 0 Å². The third-order valence-corrected chi connectivity index (χ3v) is 7.64. The number of carbonyl (C=O) groups is 1. The van der Waals surface area contributed by atoms with Gasteiger partial charge in [0, 0.05) is 5.75 Å². The van der Waals surface area contributed by atoms with E-state index in [1.54, 1.807) is 18.0 Å². The van der Waals surface area contributed by atoms with Crippen molar-refractivity contribution in [3.8, 4) is 0 Å². The highest BCUT2D eigenvalue weighted by Crippen LogP contribution is 2.30. The molecule has 1 N–H and O–H groups in total. The fourth-order valence-corrected chi connectivity index (χ4v) is 5.32. The van der Waals surface area contributed by atoms with Crippen LogP contribution in [0.4, 0.5) is 0 Å². The molecule has 3 aromatic rings. The van der Waals surface area contributed by atoms with Crippen molar-refractivity contribution in [2.75, 3.05) is 5.75 Å². The first-order valence-corrected chi connectivity index (χ1v) is 12.7. The van der Waals surface area contributed by atoms with Gasteiger partial charge in [-0.3, -0.25) is 4.79 Å². The van der Waals surface area contributed by atoms with E-state index < -0.39 is 0 Å². The Bertz CT molecular complexity index is 1020. The summed E-state index contributed by atoms with van der Waals surface area (Å²) in [6, 6.07) is 16.7. The van der Waals surface area contributed by atoms with E-state index in [1.807, 2.05) is 12.1 Å². The maximum atomic E-state index is 12.0. The quantitative estimate of drug-likeness (QED) is 0.261. The number of amides is 1. The lowest BCUT2D eigenvalue weighted by Crippen LogP contribution is -2.19. The molecule has 0 fully saturated rings. The van der Waals surface area contributed by atoms with E-state index in [0.29, 0.717) is 0 Å². The van der Waals surface area contributed by atoms with Crippen LogP contribution in [-0.2, 0) is 16.0 Å². The van der Waals surface area contributed by atoms with Crippen LogP contribution in [0, 0.1) is 6.92 Å². The van der Waals surface area contributed by atoms with E-state index in [0.717, 1.165) is 20.0 Å². The summed E-state index contributed by atoms with van der Waals surface area (Å²) in [7, 11) is 0. The zero-order chi connectivity index (χ0) is 22.3. The molecule has 162 valence electrons. The lowest BCUT2D eigenvalue weighted by Gasteiger charge is -2.18. The molecule has 2 aromatic carbocycles. The van der Waals surface area contributed by atoms with Gasteiger partial charge >= 0.3 is 0 Å². The monoisotopic (exact) mass is 470 g/mol. The van der Waals surface area contributed by atoms with Crippen LogP contribution in [0.1, 0.15) is 43.0 Å². The van der Waals surface area contributed by atoms with Crippen molar-refractivity contribution in [2.45, 2.75) is 47.5 Å². The SMILES string of the molecule is Cc1ccc(CSc2nnc(SCC(=O)NN=Cc3ccc(C(C)(C)C)cc3)s2)cc1. The van der Waals surface area contributed by atoms with Gasteiger partial charge in [-0.2, -0.15) is 5.10 Å². The molecule has 5 nitrogen and oxygen atoms in total. The average Bonchev–Trinajstić information content (AvgIpc) is 3.19. The first kappa shape index (κ1) is 23.5. The Hall–Kier alpha value is -2.16. The molecular formula is C23H26N4OS3. The van der Waals surface area contributed by atoms with E-state index in [4.69, 9.17) is 0 Å². The largest absolute Gasteiger partial charge is 0.272 e. The molecule has 0 atom stereocenters. The van der Waals surface area contributed by atoms with Gasteiger partial charge in [-0.15, -0.1) is 10.2 Å². The van der Waals surface area contributed by atoms with E-state index in [9.17, 15) is 4.79 Å². The minimum absolute atomic E-state index is 0.116. The molecule has 0 unspecified atom stereocenters. The second-order valence-electron chi connectivity index (χ2n) is 8.06. The van der Waals surface area contributed by atoms with Crippen molar-refractivity contribution >= 4 is 47.0 Å². The van der Waals surface area contributed by atoms with Crippen LogP contribution in [0.15, 0.2) is 62.3 Å². The Kier molecular flexibility index (Phi) is 8.28. The summed E-state index contributed by atoms with van der Waals surface area (Å²) in [5, 5.41) is 12.4. The second-order valence-corrected chi connectivity index (χ2v) is 11.5. The molecule has 0 bridgehead atoms. The number of aryl methyl sites for hydroxylation is 1. The highest BCUT2D eigenvalue weighted by molar-refractivity contribution is 8.03. The van der Waals surface area contributed by atoms with Crippen molar-refractivity contribution in [1.29, 1.82) is 0 Å². The molecule has 0 radical (unpaired) electrons. The standard InChI is InChI=1S/C23H26N4OS3/c1-16-5-7-18(8-6-16)14-29-21-26-27-22(31-21)30-15-20(28)25-24-13-17-9-11-19(12-10-17)23(2,3)4/h5-13H,14-15H2,1-4H3,(H,25,28). The zero-order valence-corrected chi connectivity index (χ0v) is 20.5. The lowest BCUT2D eigenvalue weighted by molar-refractivity contribution is -0.118. The molecule has 1 aromatic heterocycles. The van der Waals surface area contributed by atoms with Gasteiger partial charge in [-0.1, -0.05) is 110 Å². The molecule has 1 heterocycles. The minimum atomic E-state index is -0.170. The van der Waals surface area contributed by atoms with Crippen molar-refractivity contribution in [2.24, 2.45) is 5.10 Å². The van der Waals surface area contributed by atoms with Crippen molar-refractivity contribution < 1.29 is 4.79 Å². The number of benzene rings is 2. The van der Waals surface area contributed by atoms with E-state index >= 15 is 0 Å². The third-order valence-electron chi connectivity index (χ3n) is 4.38. The number of hydrazone groups is 1.